The summed E-state index contributed by atoms with van der Waals surface area (Å²) in [6, 6.07) is 8.69. The summed E-state index contributed by atoms with van der Waals surface area (Å²) in [5.74, 6) is 0.319. The van der Waals surface area contributed by atoms with Crippen LogP contribution in [0.1, 0.15) is 34.7 Å². The summed E-state index contributed by atoms with van der Waals surface area (Å²) in [6.07, 6.45) is 1.15. The van der Waals surface area contributed by atoms with Crippen molar-refractivity contribution in [1.82, 2.24) is 9.80 Å². The van der Waals surface area contributed by atoms with Crippen molar-refractivity contribution in [1.29, 1.82) is 0 Å². The van der Waals surface area contributed by atoms with E-state index in [-0.39, 0.29) is 12.1 Å². The molecule has 0 amide bonds. The lowest BCUT2D eigenvalue weighted by Crippen LogP contribution is -2.26. The van der Waals surface area contributed by atoms with Gasteiger partial charge in [-0.05, 0) is 51.1 Å². The van der Waals surface area contributed by atoms with Crippen molar-refractivity contribution in [2.75, 3.05) is 28.2 Å². The molecule has 2 aromatic heterocycles. The maximum Gasteiger partial charge on any atom is 0.136 e. The molecule has 0 fully saturated rings. The molecule has 0 aliphatic carbocycles. The SMILES string of the molecule is CN(C)[C@H](CC(=O)C[C@@H](c1cccs1)N(C)C)c1cccs1. The molecule has 5 heteroatoms. The summed E-state index contributed by atoms with van der Waals surface area (Å²) in [5.41, 5.74) is 0. The normalized spacial score (nSPS) is 14.5. The van der Waals surface area contributed by atoms with E-state index >= 15 is 0 Å². The molecule has 0 aromatic carbocycles. The van der Waals surface area contributed by atoms with Gasteiger partial charge in [0.1, 0.15) is 5.78 Å². The van der Waals surface area contributed by atoms with Crippen molar-refractivity contribution >= 4 is 28.5 Å². The maximum atomic E-state index is 12.6. The van der Waals surface area contributed by atoms with E-state index in [4.69, 9.17) is 0 Å². The Kier molecular flexibility index (Phi) is 6.32. The third kappa shape index (κ3) is 4.49. The van der Waals surface area contributed by atoms with Crippen LogP contribution >= 0.6 is 22.7 Å². The minimum absolute atomic E-state index is 0.179. The minimum atomic E-state index is 0.179. The largest absolute Gasteiger partial charge is 0.301 e. The Morgan fingerprint density at radius 1 is 0.909 bits per heavy atom. The highest BCUT2D eigenvalue weighted by atomic mass is 32.1. The third-order valence-electron chi connectivity index (χ3n) is 3.83. The highest BCUT2D eigenvalue weighted by molar-refractivity contribution is 7.10. The molecule has 0 saturated heterocycles. The van der Waals surface area contributed by atoms with Crippen molar-refractivity contribution in [2.24, 2.45) is 0 Å². The van der Waals surface area contributed by atoms with E-state index in [1.807, 2.05) is 28.2 Å². The smallest absolute Gasteiger partial charge is 0.136 e. The average Bonchev–Trinajstić information content (AvgIpc) is 3.14. The summed E-state index contributed by atoms with van der Waals surface area (Å²) in [4.78, 5) is 19.4. The number of carbonyl (C=O) groups is 1. The first-order valence-corrected chi connectivity index (χ1v) is 9.16. The average molecular weight is 337 g/mol. The standard InChI is InChI=1S/C17H24N2OS2/c1-18(2)14(16-7-5-9-21-16)11-13(20)12-15(19(3)4)17-8-6-10-22-17/h5-10,14-15H,11-12H2,1-4H3/t14-,15+. The van der Waals surface area contributed by atoms with Crippen LogP contribution in [0.4, 0.5) is 0 Å². The van der Waals surface area contributed by atoms with Gasteiger partial charge in [-0.25, -0.2) is 0 Å². The van der Waals surface area contributed by atoms with Crippen LogP contribution in [0.2, 0.25) is 0 Å². The summed E-state index contributed by atoms with van der Waals surface area (Å²) in [6.45, 7) is 0. The molecule has 22 heavy (non-hydrogen) atoms. The first-order chi connectivity index (χ1) is 10.5. The summed E-state index contributed by atoms with van der Waals surface area (Å²) in [7, 11) is 8.17. The van der Waals surface area contributed by atoms with E-state index in [0.717, 1.165) is 0 Å². The van der Waals surface area contributed by atoms with Crippen LogP contribution in [0.3, 0.4) is 0 Å². The zero-order chi connectivity index (χ0) is 16.1. The van der Waals surface area contributed by atoms with Gasteiger partial charge in [0.2, 0.25) is 0 Å². The van der Waals surface area contributed by atoms with Crippen LogP contribution in [0.15, 0.2) is 35.0 Å². The van der Waals surface area contributed by atoms with Crippen LogP contribution in [0.25, 0.3) is 0 Å². The number of Topliss-reactive ketones (excluding diaryl/α,β-unsaturated/α-hetero) is 1. The molecule has 0 unspecified atom stereocenters. The van der Waals surface area contributed by atoms with E-state index < -0.39 is 0 Å². The fourth-order valence-corrected chi connectivity index (χ4v) is 4.40. The van der Waals surface area contributed by atoms with Gasteiger partial charge in [0.05, 0.1) is 12.1 Å². The van der Waals surface area contributed by atoms with Gasteiger partial charge in [-0.2, -0.15) is 0 Å². The van der Waals surface area contributed by atoms with Crippen LogP contribution in [-0.4, -0.2) is 43.8 Å². The zero-order valence-corrected chi connectivity index (χ0v) is 15.3. The number of hydrogen-bond acceptors (Lipinski definition) is 5. The number of thiophene rings is 2. The minimum Gasteiger partial charge on any atom is -0.301 e. The molecular weight excluding hydrogens is 312 g/mol. The topological polar surface area (TPSA) is 23.6 Å². The molecule has 0 bridgehead atoms. The van der Waals surface area contributed by atoms with Gasteiger partial charge in [0.25, 0.3) is 0 Å². The Balaban J connectivity index is 2.04. The summed E-state index contributed by atoms with van der Waals surface area (Å²) >= 11 is 3.44. The monoisotopic (exact) mass is 336 g/mol. The zero-order valence-electron chi connectivity index (χ0n) is 13.7. The highest BCUT2D eigenvalue weighted by Gasteiger charge is 2.23. The van der Waals surface area contributed by atoms with Crippen LogP contribution in [0, 0.1) is 0 Å². The molecule has 3 nitrogen and oxygen atoms in total. The number of nitrogens with zero attached hydrogens (tertiary/aromatic N) is 2. The molecule has 0 radical (unpaired) electrons. The van der Waals surface area contributed by atoms with Gasteiger partial charge < -0.3 is 9.80 Å². The molecule has 0 aliphatic heterocycles. The third-order valence-corrected chi connectivity index (χ3v) is 5.78. The van der Waals surface area contributed by atoms with Crippen molar-refractivity contribution in [3.05, 3.63) is 44.8 Å². The lowest BCUT2D eigenvalue weighted by atomic mass is 10.0. The summed E-state index contributed by atoms with van der Waals surface area (Å²) < 4.78 is 0. The highest BCUT2D eigenvalue weighted by Crippen LogP contribution is 2.31. The van der Waals surface area contributed by atoms with Gasteiger partial charge in [-0.3, -0.25) is 4.79 Å². The van der Waals surface area contributed by atoms with Crippen molar-refractivity contribution in [2.45, 2.75) is 24.9 Å². The van der Waals surface area contributed by atoms with Crippen molar-refractivity contribution in [3.63, 3.8) is 0 Å². The van der Waals surface area contributed by atoms with E-state index in [1.165, 1.54) is 9.75 Å². The van der Waals surface area contributed by atoms with Crippen LogP contribution < -0.4 is 0 Å². The van der Waals surface area contributed by atoms with E-state index in [2.05, 4.69) is 44.8 Å². The molecule has 2 rings (SSSR count). The lowest BCUT2D eigenvalue weighted by molar-refractivity contribution is -0.121. The van der Waals surface area contributed by atoms with Gasteiger partial charge in [-0.15, -0.1) is 22.7 Å². The van der Waals surface area contributed by atoms with E-state index in [9.17, 15) is 4.79 Å². The molecule has 120 valence electrons. The fourth-order valence-electron chi connectivity index (χ4n) is 2.55. The Labute approximate surface area is 141 Å². The van der Waals surface area contributed by atoms with Crippen LogP contribution in [-0.2, 0) is 4.79 Å². The second-order valence-electron chi connectivity index (χ2n) is 5.94. The predicted molar refractivity (Wildman–Crippen MR) is 95.7 cm³/mol. The predicted octanol–water partition coefficient (Wildman–Crippen LogP) is 4.06. The molecule has 0 N–H and O–H groups in total. The Morgan fingerprint density at radius 3 is 1.59 bits per heavy atom. The Bertz CT molecular complexity index is 511. The molecule has 2 aromatic rings. The molecule has 2 atom stereocenters. The van der Waals surface area contributed by atoms with Gasteiger partial charge >= 0.3 is 0 Å². The number of carbonyl (C=O) groups excluding carboxylic acids is 1. The first kappa shape index (κ1) is 17.3. The van der Waals surface area contributed by atoms with Gasteiger partial charge in [0.15, 0.2) is 0 Å². The molecule has 0 spiro atoms. The van der Waals surface area contributed by atoms with Crippen molar-refractivity contribution < 1.29 is 4.79 Å². The van der Waals surface area contributed by atoms with E-state index in [0.29, 0.717) is 18.6 Å². The van der Waals surface area contributed by atoms with Gasteiger partial charge in [-0.1, -0.05) is 12.1 Å². The Hall–Kier alpha value is -1.01. The first-order valence-electron chi connectivity index (χ1n) is 7.40. The molecule has 0 saturated carbocycles. The lowest BCUT2D eigenvalue weighted by Gasteiger charge is -2.26. The molecular formula is C17H24N2OS2. The number of ketones is 1. The fraction of sp³-hybridized carbons (Fsp3) is 0.471. The van der Waals surface area contributed by atoms with E-state index in [1.54, 1.807) is 22.7 Å². The number of hydrogen-bond donors (Lipinski definition) is 0. The molecule has 2 heterocycles. The van der Waals surface area contributed by atoms with Gasteiger partial charge in [0, 0.05) is 22.6 Å². The Morgan fingerprint density at radius 2 is 1.32 bits per heavy atom. The maximum absolute atomic E-state index is 12.6. The van der Waals surface area contributed by atoms with Crippen molar-refractivity contribution in [3.8, 4) is 0 Å². The second kappa shape index (κ2) is 8.02. The second-order valence-corrected chi connectivity index (χ2v) is 7.90. The summed E-state index contributed by atoms with van der Waals surface area (Å²) in [5, 5.41) is 4.15. The number of rotatable bonds is 8. The van der Waals surface area contributed by atoms with Crippen LogP contribution in [0.5, 0.6) is 0 Å². The quantitative estimate of drug-likeness (QED) is 0.726. The molecule has 0 aliphatic rings.